The maximum atomic E-state index is 14.9. The van der Waals surface area contributed by atoms with Crippen molar-refractivity contribution in [3.05, 3.63) is 94.3 Å². The van der Waals surface area contributed by atoms with Gasteiger partial charge in [-0.15, -0.1) is 0 Å². The molecule has 0 atom stereocenters. The maximum Gasteiger partial charge on any atom is 0.147 e. The number of hydrogen-bond donors (Lipinski definition) is 0. The first-order chi connectivity index (χ1) is 13.2. The van der Waals surface area contributed by atoms with Gasteiger partial charge in [0.1, 0.15) is 17.5 Å². The minimum atomic E-state index is -0.467. The molecule has 3 rings (SSSR count). The van der Waals surface area contributed by atoms with E-state index in [4.69, 9.17) is 0 Å². The Balaban J connectivity index is 2.32. The highest BCUT2D eigenvalue weighted by atomic mass is 19.1. The van der Waals surface area contributed by atoms with E-state index in [1.54, 1.807) is 44.2 Å². The van der Waals surface area contributed by atoms with Crippen LogP contribution >= 0.6 is 0 Å². The van der Waals surface area contributed by atoms with Gasteiger partial charge in [0.2, 0.25) is 0 Å². The first-order valence-corrected chi connectivity index (χ1v) is 8.98. The van der Waals surface area contributed by atoms with Crippen molar-refractivity contribution in [3.8, 4) is 0 Å². The van der Waals surface area contributed by atoms with Crippen molar-refractivity contribution in [2.24, 2.45) is 0 Å². The monoisotopic (exact) mass is 381 g/mol. The average Bonchev–Trinajstić information content (AvgIpc) is 2.65. The highest BCUT2D eigenvalue weighted by molar-refractivity contribution is 5.79. The Morgan fingerprint density at radius 2 is 1.36 bits per heavy atom. The zero-order chi connectivity index (χ0) is 20.6. The first-order valence-electron chi connectivity index (χ1n) is 8.98. The van der Waals surface area contributed by atoms with Gasteiger partial charge in [-0.05, 0) is 91.9 Å². The molecule has 0 aliphatic rings. The fourth-order valence-corrected chi connectivity index (χ4v) is 3.11. The molecule has 3 aromatic rings. The summed E-state index contributed by atoms with van der Waals surface area (Å²) in [5, 5.41) is 0. The molecule has 1 nitrogen and oxygen atoms in total. The van der Waals surface area contributed by atoms with Crippen LogP contribution in [0.2, 0.25) is 0 Å². The van der Waals surface area contributed by atoms with Crippen molar-refractivity contribution in [2.45, 2.75) is 27.7 Å². The summed E-state index contributed by atoms with van der Waals surface area (Å²) in [5.41, 5.74) is 4.23. The van der Waals surface area contributed by atoms with E-state index in [2.05, 4.69) is 6.58 Å². The molecule has 0 amide bonds. The van der Waals surface area contributed by atoms with E-state index in [1.807, 2.05) is 13.8 Å². The summed E-state index contributed by atoms with van der Waals surface area (Å²) in [7, 11) is 0. The summed E-state index contributed by atoms with van der Waals surface area (Å²) in [4.78, 5) is 1.53. The van der Waals surface area contributed by atoms with E-state index < -0.39 is 17.5 Å². The maximum absolute atomic E-state index is 14.9. The van der Waals surface area contributed by atoms with Gasteiger partial charge >= 0.3 is 0 Å². The highest BCUT2D eigenvalue weighted by Crippen LogP contribution is 2.39. The number of nitrogens with zero attached hydrogens (tertiary/aromatic N) is 1. The molecule has 0 bridgehead atoms. The van der Waals surface area contributed by atoms with Crippen LogP contribution in [0.1, 0.15) is 27.8 Å². The Kier molecular flexibility index (Phi) is 5.32. The van der Waals surface area contributed by atoms with Crippen molar-refractivity contribution in [1.82, 2.24) is 0 Å². The molecule has 0 radical (unpaired) electrons. The number of anilines is 3. The molecule has 4 heteroatoms. The smallest absolute Gasteiger partial charge is 0.147 e. The van der Waals surface area contributed by atoms with Crippen LogP contribution in [0, 0.1) is 45.1 Å². The molecule has 0 aliphatic heterocycles. The predicted molar refractivity (Wildman–Crippen MR) is 110 cm³/mol. The normalized spacial score (nSPS) is 10.8. The number of rotatable bonds is 4. The second-order valence-corrected chi connectivity index (χ2v) is 7.00. The summed E-state index contributed by atoms with van der Waals surface area (Å²) in [6.45, 7) is 10.7. The lowest BCUT2D eigenvalue weighted by Gasteiger charge is -2.27. The largest absolute Gasteiger partial charge is 0.307 e. The molecule has 0 saturated heterocycles. The van der Waals surface area contributed by atoms with E-state index in [0.29, 0.717) is 28.1 Å². The van der Waals surface area contributed by atoms with E-state index in [1.165, 1.54) is 23.1 Å². The standard InChI is InChI=1S/C24H22F3N/c1-6-18-11-20(13-22(26)17(18)5)28(19-8-7-14(2)21(25)12-19)24-10-16(4)15(3)9-23(24)27/h6-13H,1H2,2-5H3. The van der Waals surface area contributed by atoms with Crippen molar-refractivity contribution in [1.29, 1.82) is 0 Å². The quantitative estimate of drug-likeness (QED) is 0.454. The van der Waals surface area contributed by atoms with E-state index in [-0.39, 0.29) is 5.69 Å². The Morgan fingerprint density at radius 1 is 0.714 bits per heavy atom. The minimum Gasteiger partial charge on any atom is -0.307 e. The van der Waals surface area contributed by atoms with Crippen LogP contribution in [0.5, 0.6) is 0 Å². The van der Waals surface area contributed by atoms with Gasteiger partial charge in [0.15, 0.2) is 0 Å². The fourth-order valence-electron chi connectivity index (χ4n) is 3.11. The van der Waals surface area contributed by atoms with Crippen molar-refractivity contribution in [3.63, 3.8) is 0 Å². The lowest BCUT2D eigenvalue weighted by molar-refractivity contribution is 0.615. The summed E-state index contributed by atoms with van der Waals surface area (Å²) < 4.78 is 43.8. The Bertz CT molecular complexity index is 1070. The zero-order valence-electron chi connectivity index (χ0n) is 16.4. The lowest BCUT2D eigenvalue weighted by atomic mass is 10.0. The first kappa shape index (κ1) is 19.7. The SMILES string of the molecule is C=Cc1cc(N(c2ccc(C)c(F)c2)c2cc(C)c(C)cc2F)cc(F)c1C. The third kappa shape index (κ3) is 3.55. The van der Waals surface area contributed by atoms with Crippen LogP contribution in [0.3, 0.4) is 0 Å². The molecule has 28 heavy (non-hydrogen) atoms. The van der Waals surface area contributed by atoms with Crippen molar-refractivity contribution in [2.75, 3.05) is 4.90 Å². The molecule has 3 aromatic carbocycles. The van der Waals surface area contributed by atoms with Crippen LogP contribution < -0.4 is 4.90 Å². The second-order valence-electron chi connectivity index (χ2n) is 7.00. The van der Waals surface area contributed by atoms with Crippen LogP contribution in [0.25, 0.3) is 6.08 Å². The molecular weight excluding hydrogens is 359 g/mol. The molecular formula is C24H22F3N. The Labute approximate surface area is 163 Å². The highest BCUT2D eigenvalue weighted by Gasteiger charge is 2.20. The Hall–Kier alpha value is -3.01. The van der Waals surface area contributed by atoms with Crippen molar-refractivity contribution < 1.29 is 13.2 Å². The van der Waals surface area contributed by atoms with Gasteiger partial charge in [-0.1, -0.05) is 18.7 Å². The zero-order valence-corrected chi connectivity index (χ0v) is 16.4. The third-order valence-electron chi connectivity index (χ3n) is 5.07. The summed E-state index contributed by atoms with van der Waals surface area (Å²) >= 11 is 0. The fraction of sp³-hybridized carbons (Fsp3) is 0.167. The molecule has 0 aromatic heterocycles. The topological polar surface area (TPSA) is 3.24 Å². The third-order valence-corrected chi connectivity index (χ3v) is 5.07. The molecule has 0 fully saturated rings. The number of aryl methyl sites for hydroxylation is 3. The molecule has 0 spiro atoms. The number of benzene rings is 3. The molecule has 144 valence electrons. The summed E-state index contributed by atoms with van der Waals surface area (Å²) in [6.07, 6.45) is 1.55. The predicted octanol–water partition coefficient (Wildman–Crippen LogP) is 7.45. The van der Waals surface area contributed by atoms with Crippen LogP contribution in [0.15, 0.2) is 49.0 Å². The molecule has 0 saturated carbocycles. The van der Waals surface area contributed by atoms with Gasteiger partial charge in [0, 0.05) is 11.4 Å². The number of halogens is 3. The van der Waals surface area contributed by atoms with Crippen LogP contribution in [-0.4, -0.2) is 0 Å². The average molecular weight is 381 g/mol. The lowest BCUT2D eigenvalue weighted by Crippen LogP contribution is -2.13. The Morgan fingerprint density at radius 3 is 2.00 bits per heavy atom. The molecule has 0 unspecified atom stereocenters. The van der Waals surface area contributed by atoms with Crippen LogP contribution in [-0.2, 0) is 0 Å². The van der Waals surface area contributed by atoms with Gasteiger partial charge < -0.3 is 4.90 Å². The minimum absolute atomic E-state index is 0.226. The van der Waals surface area contributed by atoms with Crippen LogP contribution in [0.4, 0.5) is 30.2 Å². The molecule has 0 N–H and O–H groups in total. The van der Waals surface area contributed by atoms with Gasteiger partial charge in [-0.3, -0.25) is 0 Å². The van der Waals surface area contributed by atoms with Crippen molar-refractivity contribution >= 4 is 23.1 Å². The summed E-state index contributed by atoms with van der Waals surface area (Å²) in [5.74, 6) is -1.32. The number of hydrogen-bond acceptors (Lipinski definition) is 1. The second kappa shape index (κ2) is 7.55. The van der Waals surface area contributed by atoms with E-state index >= 15 is 0 Å². The van der Waals surface area contributed by atoms with Gasteiger partial charge in [-0.25, -0.2) is 13.2 Å². The molecule has 0 heterocycles. The summed E-state index contributed by atoms with van der Waals surface area (Å²) in [6, 6.07) is 10.8. The van der Waals surface area contributed by atoms with Gasteiger partial charge in [-0.2, -0.15) is 0 Å². The van der Waals surface area contributed by atoms with Gasteiger partial charge in [0.05, 0.1) is 5.69 Å². The van der Waals surface area contributed by atoms with Gasteiger partial charge in [0.25, 0.3) is 0 Å². The molecule has 0 aliphatic carbocycles. The van der Waals surface area contributed by atoms with E-state index in [9.17, 15) is 13.2 Å². The van der Waals surface area contributed by atoms with E-state index in [0.717, 1.165) is 11.1 Å².